The molecule has 1 fully saturated rings. The molecule has 1 aromatic rings. The fraction of sp³-hybridized carbons (Fsp3) is 0.632. The number of fused-ring (bicyclic) bond motifs is 1. The molecule has 0 spiro atoms. The topological polar surface area (TPSA) is 30.9 Å². The molecule has 1 aliphatic carbocycles. The van der Waals surface area contributed by atoms with Crippen LogP contribution in [-0.2, 0) is 13.0 Å². The highest BCUT2D eigenvalue weighted by molar-refractivity contribution is 14.0. The predicted molar refractivity (Wildman–Crippen MR) is 112 cm³/mol. The molecule has 0 bridgehead atoms. The van der Waals surface area contributed by atoms with Crippen LogP contribution in [0.1, 0.15) is 37.8 Å². The molecule has 5 heteroatoms. The third-order valence-electron chi connectivity index (χ3n) is 4.97. The zero-order chi connectivity index (χ0) is 16.2. The Morgan fingerprint density at radius 2 is 2.00 bits per heavy atom. The minimum atomic E-state index is 0. The SMILES string of the molecule is CN=C(NCCN(C(C)C)C1CC1)N1CCc2ccccc2C1.I. The van der Waals surface area contributed by atoms with E-state index in [9.17, 15) is 0 Å². The van der Waals surface area contributed by atoms with Gasteiger partial charge in [-0.05, 0) is 44.2 Å². The van der Waals surface area contributed by atoms with Crippen LogP contribution in [0, 0.1) is 0 Å². The van der Waals surface area contributed by atoms with Gasteiger partial charge in [0.2, 0.25) is 0 Å². The first-order chi connectivity index (χ1) is 11.2. The summed E-state index contributed by atoms with van der Waals surface area (Å²) in [5.74, 6) is 1.04. The quantitative estimate of drug-likeness (QED) is 0.432. The largest absolute Gasteiger partial charge is 0.355 e. The second-order valence-electron chi connectivity index (χ2n) is 6.98. The van der Waals surface area contributed by atoms with Gasteiger partial charge in [-0.3, -0.25) is 9.89 Å². The first kappa shape index (κ1) is 19.5. The molecule has 1 aliphatic heterocycles. The van der Waals surface area contributed by atoms with E-state index in [0.717, 1.165) is 44.6 Å². The van der Waals surface area contributed by atoms with Crippen LogP contribution in [0.2, 0.25) is 0 Å². The van der Waals surface area contributed by atoms with Gasteiger partial charge in [0.25, 0.3) is 0 Å². The van der Waals surface area contributed by atoms with Gasteiger partial charge in [-0.25, -0.2) is 0 Å². The van der Waals surface area contributed by atoms with E-state index < -0.39 is 0 Å². The van der Waals surface area contributed by atoms with Crippen molar-refractivity contribution < 1.29 is 0 Å². The Hall–Kier alpha value is -0.820. The van der Waals surface area contributed by atoms with Crippen LogP contribution in [0.3, 0.4) is 0 Å². The van der Waals surface area contributed by atoms with Crippen LogP contribution >= 0.6 is 24.0 Å². The molecule has 1 N–H and O–H groups in total. The summed E-state index contributed by atoms with van der Waals surface area (Å²) in [6.45, 7) is 8.69. The summed E-state index contributed by atoms with van der Waals surface area (Å²) >= 11 is 0. The van der Waals surface area contributed by atoms with Crippen molar-refractivity contribution in [2.75, 3.05) is 26.7 Å². The summed E-state index contributed by atoms with van der Waals surface area (Å²) in [4.78, 5) is 9.49. The molecule has 0 unspecified atom stereocenters. The van der Waals surface area contributed by atoms with Crippen molar-refractivity contribution in [1.82, 2.24) is 15.1 Å². The molecule has 0 atom stereocenters. The third-order valence-corrected chi connectivity index (χ3v) is 4.97. The number of guanidine groups is 1. The highest BCUT2D eigenvalue weighted by atomic mass is 127. The normalized spacial score (nSPS) is 17.7. The van der Waals surface area contributed by atoms with Crippen molar-refractivity contribution in [2.24, 2.45) is 4.99 Å². The molecule has 0 saturated heterocycles. The van der Waals surface area contributed by atoms with Crippen molar-refractivity contribution in [3.8, 4) is 0 Å². The minimum Gasteiger partial charge on any atom is -0.355 e. The van der Waals surface area contributed by atoms with Crippen LogP contribution in [0.15, 0.2) is 29.3 Å². The van der Waals surface area contributed by atoms with E-state index in [-0.39, 0.29) is 24.0 Å². The lowest BCUT2D eigenvalue weighted by Crippen LogP contribution is -2.47. The molecule has 0 radical (unpaired) electrons. The van der Waals surface area contributed by atoms with Gasteiger partial charge >= 0.3 is 0 Å². The van der Waals surface area contributed by atoms with E-state index in [0.29, 0.717) is 6.04 Å². The van der Waals surface area contributed by atoms with Crippen LogP contribution < -0.4 is 5.32 Å². The Morgan fingerprint density at radius 1 is 1.29 bits per heavy atom. The maximum atomic E-state index is 4.50. The minimum absolute atomic E-state index is 0. The number of halogens is 1. The van der Waals surface area contributed by atoms with E-state index in [1.807, 2.05) is 7.05 Å². The first-order valence-electron chi connectivity index (χ1n) is 8.97. The summed E-state index contributed by atoms with van der Waals surface area (Å²) in [5, 5.41) is 3.57. The Kier molecular flexibility index (Phi) is 7.34. The monoisotopic (exact) mass is 442 g/mol. The Bertz CT molecular complexity index is 552. The Labute approximate surface area is 163 Å². The van der Waals surface area contributed by atoms with Crippen molar-refractivity contribution in [3.63, 3.8) is 0 Å². The lowest BCUT2D eigenvalue weighted by Gasteiger charge is -2.32. The zero-order valence-corrected chi connectivity index (χ0v) is 17.5. The fourth-order valence-corrected chi connectivity index (χ4v) is 3.57. The highest BCUT2D eigenvalue weighted by Gasteiger charge is 2.30. The summed E-state index contributed by atoms with van der Waals surface area (Å²) in [7, 11) is 1.89. The van der Waals surface area contributed by atoms with Crippen LogP contribution in [0.5, 0.6) is 0 Å². The van der Waals surface area contributed by atoms with Gasteiger partial charge in [0.05, 0.1) is 0 Å². The lowest BCUT2D eigenvalue weighted by atomic mass is 10.0. The molecule has 4 nitrogen and oxygen atoms in total. The average Bonchev–Trinajstić information content (AvgIpc) is 3.39. The van der Waals surface area contributed by atoms with Gasteiger partial charge < -0.3 is 10.2 Å². The number of hydrogen-bond donors (Lipinski definition) is 1. The number of rotatable bonds is 5. The van der Waals surface area contributed by atoms with Gasteiger partial charge in [0.1, 0.15) is 0 Å². The van der Waals surface area contributed by atoms with Gasteiger partial charge in [0.15, 0.2) is 5.96 Å². The highest BCUT2D eigenvalue weighted by Crippen LogP contribution is 2.28. The molecule has 0 aromatic heterocycles. The molecular weight excluding hydrogens is 411 g/mol. The standard InChI is InChI=1S/C19H30N4.HI/c1-15(2)23(18-8-9-18)13-11-21-19(20-3)22-12-10-16-6-4-5-7-17(16)14-22;/h4-7,15,18H,8-14H2,1-3H3,(H,20,21);1H. The zero-order valence-electron chi connectivity index (χ0n) is 15.2. The number of benzene rings is 1. The van der Waals surface area contributed by atoms with Crippen LogP contribution in [-0.4, -0.2) is 54.5 Å². The van der Waals surface area contributed by atoms with E-state index in [2.05, 4.69) is 58.2 Å². The number of nitrogens with one attached hydrogen (secondary N) is 1. The molecular formula is C19H31IN4. The summed E-state index contributed by atoms with van der Waals surface area (Å²) < 4.78 is 0. The molecule has 1 saturated carbocycles. The lowest BCUT2D eigenvalue weighted by molar-refractivity contribution is 0.214. The fourth-order valence-electron chi connectivity index (χ4n) is 3.57. The average molecular weight is 442 g/mol. The summed E-state index contributed by atoms with van der Waals surface area (Å²) in [5.41, 5.74) is 2.92. The maximum absolute atomic E-state index is 4.50. The van der Waals surface area contributed by atoms with Crippen LogP contribution in [0.4, 0.5) is 0 Å². The summed E-state index contributed by atoms with van der Waals surface area (Å²) in [6, 6.07) is 10.2. The van der Waals surface area contributed by atoms with Gasteiger partial charge in [-0.1, -0.05) is 24.3 Å². The van der Waals surface area contributed by atoms with Crippen LogP contribution in [0.25, 0.3) is 0 Å². The number of aliphatic imine (C=N–C) groups is 1. The smallest absolute Gasteiger partial charge is 0.194 e. The van der Waals surface area contributed by atoms with Crippen molar-refractivity contribution in [3.05, 3.63) is 35.4 Å². The van der Waals surface area contributed by atoms with E-state index in [4.69, 9.17) is 0 Å². The van der Waals surface area contributed by atoms with E-state index in [1.54, 1.807) is 0 Å². The molecule has 1 heterocycles. The molecule has 24 heavy (non-hydrogen) atoms. The molecule has 3 rings (SSSR count). The Balaban J connectivity index is 0.00000208. The molecule has 1 aromatic carbocycles. The number of nitrogens with zero attached hydrogens (tertiary/aromatic N) is 3. The van der Waals surface area contributed by atoms with Crippen molar-refractivity contribution in [2.45, 2.75) is 51.7 Å². The second-order valence-corrected chi connectivity index (χ2v) is 6.98. The van der Waals surface area contributed by atoms with Gasteiger partial charge in [-0.15, -0.1) is 24.0 Å². The van der Waals surface area contributed by atoms with E-state index in [1.165, 1.54) is 24.0 Å². The van der Waals surface area contributed by atoms with Gasteiger partial charge in [-0.2, -0.15) is 0 Å². The predicted octanol–water partition coefficient (Wildman–Crippen LogP) is 3.11. The van der Waals surface area contributed by atoms with Crippen molar-refractivity contribution in [1.29, 1.82) is 0 Å². The first-order valence-corrected chi connectivity index (χ1v) is 8.97. The molecule has 0 amide bonds. The Morgan fingerprint density at radius 3 is 2.62 bits per heavy atom. The molecule has 2 aliphatic rings. The summed E-state index contributed by atoms with van der Waals surface area (Å²) in [6.07, 6.45) is 3.85. The third kappa shape index (κ3) is 4.85. The van der Waals surface area contributed by atoms with E-state index >= 15 is 0 Å². The van der Waals surface area contributed by atoms with Gasteiger partial charge in [0, 0.05) is 45.3 Å². The molecule has 134 valence electrons. The second kappa shape index (κ2) is 9.04. The number of hydrogen-bond acceptors (Lipinski definition) is 2. The van der Waals surface area contributed by atoms with Crippen molar-refractivity contribution >= 4 is 29.9 Å². The maximum Gasteiger partial charge on any atom is 0.194 e.